The third-order valence-electron chi connectivity index (χ3n) is 2.23. The molecule has 0 aliphatic carbocycles. The van der Waals surface area contributed by atoms with E-state index < -0.39 is 18.0 Å². The number of nitrogens with zero attached hydrogens (tertiary/aromatic N) is 2. The van der Waals surface area contributed by atoms with Gasteiger partial charge in [0.25, 0.3) is 0 Å². The lowest BCUT2D eigenvalue weighted by molar-refractivity contribution is -0.143. The summed E-state index contributed by atoms with van der Waals surface area (Å²) in [5, 5.41) is 2.61. The first-order chi connectivity index (χ1) is 8.04. The summed E-state index contributed by atoms with van der Waals surface area (Å²) in [4.78, 5) is 27.0. The molecule has 17 heavy (non-hydrogen) atoms. The molecule has 0 saturated heterocycles. The van der Waals surface area contributed by atoms with Gasteiger partial charge in [0.1, 0.15) is 12.4 Å². The minimum absolute atomic E-state index is 0.280. The zero-order chi connectivity index (χ0) is 12.8. The maximum Gasteiger partial charge on any atom is 0.328 e. The number of imidazole rings is 1. The fourth-order valence-electron chi connectivity index (χ4n) is 1.43. The Labute approximate surface area is 100.0 Å². The second kappa shape index (κ2) is 6.03. The molecule has 0 bridgehead atoms. The van der Waals surface area contributed by atoms with Crippen LogP contribution >= 0.6 is 0 Å². The van der Waals surface area contributed by atoms with Crippen LogP contribution in [0.25, 0.3) is 0 Å². The van der Waals surface area contributed by atoms with Crippen LogP contribution < -0.4 is 5.32 Å². The van der Waals surface area contributed by atoms with Gasteiger partial charge in [-0.05, 0) is 12.3 Å². The molecule has 1 heterocycles. The van der Waals surface area contributed by atoms with E-state index in [1.807, 2.05) is 13.8 Å². The smallest absolute Gasteiger partial charge is 0.328 e. The fourth-order valence-corrected chi connectivity index (χ4v) is 1.43. The molecule has 1 unspecified atom stereocenters. The maximum absolute atomic E-state index is 11.7. The molecule has 0 spiro atoms. The summed E-state index contributed by atoms with van der Waals surface area (Å²) in [6.07, 6.45) is 4.92. The molecule has 0 saturated carbocycles. The van der Waals surface area contributed by atoms with Crippen LogP contribution in [-0.4, -0.2) is 34.7 Å². The molecule has 0 aromatic carbocycles. The van der Waals surface area contributed by atoms with Crippen LogP contribution in [0.2, 0.25) is 0 Å². The van der Waals surface area contributed by atoms with Crippen LogP contribution in [0.3, 0.4) is 0 Å². The lowest BCUT2D eigenvalue weighted by atomic mass is 10.0. The summed E-state index contributed by atoms with van der Waals surface area (Å²) < 4.78 is 5.93. The largest absolute Gasteiger partial charge is 0.467 e. The van der Waals surface area contributed by atoms with Crippen molar-refractivity contribution in [3.05, 3.63) is 18.7 Å². The third-order valence-corrected chi connectivity index (χ3v) is 2.23. The zero-order valence-electron chi connectivity index (χ0n) is 10.2. The quantitative estimate of drug-likeness (QED) is 0.796. The van der Waals surface area contributed by atoms with Gasteiger partial charge in [0.2, 0.25) is 0 Å². The van der Waals surface area contributed by atoms with E-state index in [0.29, 0.717) is 6.42 Å². The van der Waals surface area contributed by atoms with E-state index in [9.17, 15) is 9.59 Å². The molecule has 1 rings (SSSR count). The molecule has 0 radical (unpaired) electrons. The first-order valence-electron chi connectivity index (χ1n) is 5.41. The van der Waals surface area contributed by atoms with Crippen LogP contribution in [0.5, 0.6) is 0 Å². The molecule has 6 nitrogen and oxygen atoms in total. The first kappa shape index (κ1) is 13.2. The van der Waals surface area contributed by atoms with E-state index in [2.05, 4.69) is 15.0 Å². The summed E-state index contributed by atoms with van der Waals surface area (Å²) in [5.41, 5.74) is 0. The second-order valence-electron chi connectivity index (χ2n) is 4.12. The Morgan fingerprint density at radius 1 is 1.47 bits per heavy atom. The molecule has 0 aliphatic rings. The predicted octanol–water partition coefficient (Wildman–Crippen LogP) is 1.03. The van der Waals surface area contributed by atoms with Gasteiger partial charge in [0.15, 0.2) is 0 Å². The van der Waals surface area contributed by atoms with Crippen molar-refractivity contribution in [1.82, 2.24) is 14.9 Å². The highest BCUT2D eigenvalue weighted by atomic mass is 16.5. The van der Waals surface area contributed by atoms with Crippen molar-refractivity contribution in [1.29, 1.82) is 0 Å². The van der Waals surface area contributed by atoms with Crippen molar-refractivity contribution in [2.24, 2.45) is 5.92 Å². The van der Waals surface area contributed by atoms with Gasteiger partial charge < -0.3 is 10.1 Å². The number of hydrogen-bond donors (Lipinski definition) is 1. The summed E-state index contributed by atoms with van der Waals surface area (Å²) in [6, 6.07) is -1.02. The van der Waals surface area contributed by atoms with Gasteiger partial charge in [-0.25, -0.2) is 14.6 Å². The molecule has 1 atom stereocenters. The monoisotopic (exact) mass is 239 g/mol. The van der Waals surface area contributed by atoms with Crippen molar-refractivity contribution in [2.75, 3.05) is 7.11 Å². The van der Waals surface area contributed by atoms with Crippen LogP contribution in [0.1, 0.15) is 20.3 Å². The Morgan fingerprint density at radius 3 is 2.65 bits per heavy atom. The van der Waals surface area contributed by atoms with E-state index in [1.54, 1.807) is 0 Å². The van der Waals surface area contributed by atoms with E-state index in [1.165, 1.54) is 30.4 Å². The zero-order valence-corrected chi connectivity index (χ0v) is 10.2. The Bertz CT molecular complexity index is 373. The number of carbonyl (C=O) groups excluding carboxylic acids is 2. The van der Waals surface area contributed by atoms with E-state index in [4.69, 9.17) is 0 Å². The number of esters is 1. The van der Waals surface area contributed by atoms with Crippen LogP contribution in [-0.2, 0) is 9.53 Å². The normalized spacial score (nSPS) is 12.2. The van der Waals surface area contributed by atoms with Crippen LogP contribution in [0.15, 0.2) is 18.7 Å². The Balaban J connectivity index is 2.66. The van der Waals surface area contributed by atoms with Gasteiger partial charge in [0.05, 0.1) is 7.11 Å². The average molecular weight is 239 g/mol. The van der Waals surface area contributed by atoms with Crippen molar-refractivity contribution >= 4 is 12.0 Å². The predicted molar refractivity (Wildman–Crippen MR) is 61.4 cm³/mol. The lowest BCUT2D eigenvalue weighted by Gasteiger charge is -2.18. The van der Waals surface area contributed by atoms with Gasteiger partial charge in [0, 0.05) is 12.4 Å². The van der Waals surface area contributed by atoms with Gasteiger partial charge in [-0.3, -0.25) is 4.57 Å². The van der Waals surface area contributed by atoms with Gasteiger partial charge in [-0.15, -0.1) is 0 Å². The number of aromatic nitrogens is 2. The highest BCUT2D eigenvalue weighted by Crippen LogP contribution is 2.06. The minimum atomic E-state index is -0.630. The fraction of sp³-hybridized carbons (Fsp3) is 0.545. The minimum Gasteiger partial charge on any atom is -0.467 e. The molecule has 0 fully saturated rings. The van der Waals surface area contributed by atoms with E-state index >= 15 is 0 Å². The number of rotatable bonds is 4. The summed E-state index contributed by atoms with van der Waals surface area (Å²) in [7, 11) is 1.30. The molecule has 1 amide bonds. The van der Waals surface area contributed by atoms with E-state index in [0.717, 1.165) is 0 Å². The number of amides is 1. The molecular weight excluding hydrogens is 222 g/mol. The number of ether oxygens (including phenoxy) is 1. The highest BCUT2D eigenvalue weighted by Gasteiger charge is 2.22. The van der Waals surface area contributed by atoms with Crippen LogP contribution in [0, 0.1) is 5.92 Å². The molecule has 6 heteroatoms. The van der Waals surface area contributed by atoms with Crippen LogP contribution in [0.4, 0.5) is 4.79 Å². The van der Waals surface area contributed by atoms with E-state index in [-0.39, 0.29) is 5.92 Å². The van der Waals surface area contributed by atoms with Crippen molar-refractivity contribution in [3.63, 3.8) is 0 Å². The number of nitrogens with one attached hydrogen (secondary N) is 1. The maximum atomic E-state index is 11.7. The topological polar surface area (TPSA) is 73.2 Å². The molecule has 1 aromatic rings. The van der Waals surface area contributed by atoms with Crippen molar-refractivity contribution < 1.29 is 14.3 Å². The Hall–Kier alpha value is -1.85. The first-order valence-corrected chi connectivity index (χ1v) is 5.41. The lowest BCUT2D eigenvalue weighted by Crippen LogP contribution is -2.43. The van der Waals surface area contributed by atoms with Gasteiger partial charge in [-0.1, -0.05) is 13.8 Å². The molecule has 1 aromatic heterocycles. The van der Waals surface area contributed by atoms with Gasteiger partial charge in [-0.2, -0.15) is 0 Å². The third kappa shape index (κ3) is 3.90. The Morgan fingerprint density at radius 2 is 2.18 bits per heavy atom. The average Bonchev–Trinajstić information content (AvgIpc) is 2.79. The number of carbonyl (C=O) groups is 2. The highest BCUT2D eigenvalue weighted by molar-refractivity contribution is 5.84. The van der Waals surface area contributed by atoms with Gasteiger partial charge >= 0.3 is 12.0 Å². The Kier molecular flexibility index (Phi) is 4.68. The summed E-state index contributed by atoms with van der Waals surface area (Å²) in [5.74, 6) is -0.158. The van der Waals surface area contributed by atoms with Crippen molar-refractivity contribution in [2.45, 2.75) is 26.3 Å². The molecule has 94 valence electrons. The number of hydrogen-bond acceptors (Lipinski definition) is 4. The molecular formula is C11H17N3O3. The summed E-state index contributed by atoms with van der Waals surface area (Å²) in [6.45, 7) is 3.94. The standard InChI is InChI=1S/C11H17N3O3/c1-8(2)6-9(10(15)17-3)13-11(16)14-5-4-12-7-14/h4-5,7-9H,6H2,1-3H3,(H,13,16). The second-order valence-corrected chi connectivity index (χ2v) is 4.12. The SMILES string of the molecule is COC(=O)C(CC(C)C)NC(=O)n1ccnc1. The number of methoxy groups -OCH3 is 1. The van der Waals surface area contributed by atoms with Crippen molar-refractivity contribution in [3.8, 4) is 0 Å². The molecule has 0 aliphatic heterocycles. The summed E-state index contributed by atoms with van der Waals surface area (Å²) >= 11 is 0. The molecule has 1 N–H and O–H groups in total.